The van der Waals surface area contributed by atoms with E-state index in [2.05, 4.69) is 21.2 Å². The maximum Gasteiger partial charge on any atom is 0.126 e. The molecule has 1 nitrogen and oxygen atoms in total. The van der Waals surface area contributed by atoms with Crippen molar-refractivity contribution in [3.8, 4) is 0 Å². The first-order valence-corrected chi connectivity index (χ1v) is 6.19. The zero-order valence-corrected chi connectivity index (χ0v) is 11.1. The summed E-state index contributed by atoms with van der Waals surface area (Å²) in [5, 5.41) is 3.06. The molecule has 3 heteroatoms. The molecule has 0 aromatic heterocycles. The largest absolute Gasteiger partial charge is 0.388 e. The lowest BCUT2D eigenvalue weighted by Gasteiger charge is -2.06. The van der Waals surface area contributed by atoms with Gasteiger partial charge in [0, 0.05) is 23.6 Å². The van der Waals surface area contributed by atoms with E-state index in [1.54, 1.807) is 6.07 Å². The molecule has 0 saturated carbocycles. The Hall–Kier alpha value is -1.35. The second-order valence-corrected chi connectivity index (χ2v) is 4.78. The van der Waals surface area contributed by atoms with E-state index in [0.717, 1.165) is 15.7 Å². The molecule has 1 N–H and O–H groups in total. The van der Waals surface area contributed by atoms with Crippen LogP contribution in [0.4, 0.5) is 10.1 Å². The molecule has 88 valence electrons. The van der Waals surface area contributed by atoms with Gasteiger partial charge in [-0.3, -0.25) is 0 Å². The van der Waals surface area contributed by atoms with Crippen molar-refractivity contribution in [2.24, 2.45) is 0 Å². The summed E-state index contributed by atoms with van der Waals surface area (Å²) in [5.41, 5.74) is 2.86. The Balaban J connectivity index is 2.22. The fraction of sp³-hybridized carbons (Fsp3) is 0.143. The van der Waals surface area contributed by atoms with Gasteiger partial charge in [-0.05, 0) is 41.5 Å². The van der Waals surface area contributed by atoms with Crippen LogP contribution in [0.5, 0.6) is 0 Å². The molecule has 0 amide bonds. The normalized spacial score (nSPS) is 10.3. The minimum atomic E-state index is -0.161. The number of rotatable bonds is 3. The summed E-state index contributed by atoms with van der Waals surface area (Å²) in [6.07, 6.45) is 0.606. The van der Waals surface area contributed by atoms with E-state index in [1.165, 1.54) is 6.07 Å². The van der Waals surface area contributed by atoms with E-state index in [-0.39, 0.29) is 5.82 Å². The SMILES string of the molecule is CNc1ccc(Cc2cc(Br)ccc2F)cc1. The average Bonchev–Trinajstić information content (AvgIpc) is 2.35. The highest BCUT2D eigenvalue weighted by Crippen LogP contribution is 2.19. The maximum atomic E-state index is 13.6. The van der Waals surface area contributed by atoms with Gasteiger partial charge in [-0.15, -0.1) is 0 Å². The van der Waals surface area contributed by atoms with Crippen molar-refractivity contribution < 1.29 is 4.39 Å². The molecule has 2 rings (SSSR count). The van der Waals surface area contributed by atoms with Gasteiger partial charge in [-0.25, -0.2) is 4.39 Å². The quantitative estimate of drug-likeness (QED) is 0.893. The molecule has 0 aliphatic carbocycles. The molecule has 0 aliphatic heterocycles. The second kappa shape index (κ2) is 5.32. The van der Waals surface area contributed by atoms with Crippen LogP contribution in [0.3, 0.4) is 0 Å². The standard InChI is InChI=1S/C14H13BrFN/c1-17-13-5-2-10(3-6-13)8-11-9-12(15)4-7-14(11)16/h2-7,9,17H,8H2,1H3. The molecular formula is C14H13BrFN. The van der Waals surface area contributed by atoms with Gasteiger partial charge in [-0.1, -0.05) is 28.1 Å². The van der Waals surface area contributed by atoms with Crippen LogP contribution in [-0.4, -0.2) is 7.05 Å². The first-order valence-electron chi connectivity index (χ1n) is 5.39. The molecule has 0 fully saturated rings. The highest BCUT2D eigenvalue weighted by Gasteiger charge is 2.04. The number of halogens is 2. The van der Waals surface area contributed by atoms with Crippen molar-refractivity contribution in [3.05, 3.63) is 63.9 Å². The topological polar surface area (TPSA) is 12.0 Å². The highest BCUT2D eigenvalue weighted by atomic mass is 79.9. The van der Waals surface area contributed by atoms with E-state index in [4.69, 9.17) is 0 Å². The molecule has 0 aliphatic rings. The van der Waals surface area contributed by atoms with Gasteiger partial charge >= 0.3 is 0 Å². The average molecular weight is 294 g/mol. The van der Waals surface area contributed by atoms with Gasteiger partial charge in [0.2, 0.25) is 0 Å². The summed E-state index contributed by atoms with van der Waals surface area (Å²) in [6, 6.07) is 13.0. The van der Waals surface area contributed by atoms with E-state index in [0.29, 0.717) is 12.0 Å². The van der Waals surface area contributed by atoms with Crippen LogP contribution in [0.1, 0.15) is 11.1 Å². The second-order valence-electron chi connectivity index (χ2n) is 3.86. The molecule has 17 heavy (non-hydrogen) atoms. The highest BCUT2D eigenvalue weighted by molar-refractivity contribution is 9.10. The van der Waals surface area contributed by atoms with E-state index in [9.17, 15) is 4.39 Å². The third-order valence-corrected chi connectivity index (χ3v) is 3.14. The summed E-state index contributed by atoms with van der Waals surface area (Å²) in [5.74, 6) is -0.161. The fourth-order valence-corrected chi connectivity index (χ4v) is 2.10. The van der Waals surface area contributed by atoms with E-state index >= 15 is 0 Å². The van der Waals surface area contributed by atoms with Crippen LogP contribution in [0.25, 0.3) is 0 Å². The lowest BCUT2D eigenvalue weighted by atomic mass is 10.0. The van der Waals surface area contributed by atoms with Crippen molar-refractivity contribution in [1.82, 2.24) is 0 Å². The Labute approximate surface area is 109 Å². The van der Waals surface area contributed by atoms with Crippen LogP contribution < -0.4 is 5.32 Å². The van der Waals surface area contributed by atoms with Crippen molar-refractivity contribution >= 4 is 21.6 Å². The van der Waals surface area contributed by atoms with Crippen molar-refractivity contribution in [2.45, 2.75) is 6.42 Å². The summed E-state index contributed by atoms with van der Waals surface area (Å²) in [4.78, 5) is 0. The number of hydrogen-bond donors (Lipinski definition) is 1. The summed E-state index contributed by atoms with van der Waals surface area (Å²) < 4.78 is 14.5. The van der Waals surface area contributed by atoms with Crippen LogP contribution in [0, 0.1) is 5.82 Å². The number of benzene rings is 2. The Morgan fingerprint density at radius 1 is 1.12 bits per heavy atom. The molecule has 2 aromatic rings. The number of nitrogens with one attached hydrogen (secondary N) is 1. The molecule has 0 bridgehead atoms. The van der Waals surface area contributed by atoms with Crippen molar-refractivity contribution in [1.29, 1.82) is 0 Å². The number of anilines is 1. The molecule has 2 aromatic carbocycles. The monoisotopic (exact) mass is 293 g/mol. The van der Waals surface area contributed by atoms with Gasteiger partial charge < -0.3 is 5.32 Å². The number of hydrogen-bond acceptors (Lipinski definition) is 1. The van der Waals surface area contributed by atoms with Gasteiger partial charge in [-0.2, -0.15) is 0 Å². The fourth-order valence-electron chi connectivity index (χ4n) is 1.69. The zero-order chi connectivity index (χ0) is 12.3. The van der Waals surface area contributed by atoms with Crippen molar-refractivity contribution in [2.75, 3.05) is 12.4 Å². The Morgan fingerprint density at radius 2 is 1.82 bits per heavy atom. The molecular weight excluding hydrogens is 281 g/mol. The van der Waals surface area contributed by atoms with Crippen molar-refractivity contribution in [3.63, 3.8) is 0 Å². The minimum absolute atomic E-state index is 0.161. The molecule has 0 spiro atoms. The smallest absolute Gasteiger partial charge is 0.126 e. The Bertz CT molecular complexity index is 508. The first kappa shape index (κ1) is 12.1. The minimum Gasteiger partial charge on any atom is -0.388 e. The third kappa shape index (κ3) is 3.07. The van der Waals surface area contributed by atoms with E-state index < -0.39 is 0 Å². The van der Waals surface area contributed by atoms with Gasteiger partial charge in [0.15, 0.2) is 0 Å². The molecule has 0 unspecified atom stereocenters. The Morgan fingerprint density at radius 3 is 2.47 bits per heavy atom. The summed E-state index contributed by atoms with van der Waals surface area (Å²) in [6.45, 7) is 0. The van der Waals surface area contributed by atoms with Crippen LogP contribution in [0.15, 0.2) is 46.9 Å². The lowest BCUT2D eigenvalue weighted by molar-refractivity contribution is 0.613. The van der Waals surface area contributed by atoms with Crippen LogP contribution >= 0.6 is 15.9 Å². The van der Waals surface area contributed by atoms with Gasteiger partial charge in [0.1, 0.15) is 5.82 Å². The van der Waals surface area contributed by atoms with Gasteiger partial charge in [0.05, 0.1) is 0 Å². The predicted octanol–water partition coefficient (Wildman–Crippen LogP) is 4.22. The molecule has 0 heterocycles. The lowest BCUT2D eigenvalue weighted by Crippen LogP contribution is -1.93. The molecule has 0 saturated heterocycles. The van der Waals surface area contributed by atoms with Gasteiger partial charge in [0.25, 0.3) is 0 Å². The zero-order valence-electron chi connectivity index (χ0n) is 9.50. The molecule has 0 atom stereocenters. The first-order chi connectivity index (χ1) is 8.19. The Kier molecular flexibility index (Phi) is 3.79. The summed E-state index contributed by atoms with van der Waals surface area (Å²) >= 11 is 3.36. The predicted molar refractivity (Wildman–Crippen MR) is 72.9 cm³/mol. The van der Waals surface area contributed by atoms with Crippen LogP contribution in [0.2, 0.25) is 0 Å². The maximum absolute atomic E-state index is 13.6. The third-order valence-electron chi connectivity index (χ3n) is 2.64. The molecule has 0 radical (unpaired) electrons. The van der Waals surface area contributed by atoms with E-state index in [1.807, 2.05) is 37.4 Å². The summed E-state index contributed by atoms with van der Waals surface area (Å²) in [7, 11) is 1.88. The van der Waals surface area contributed by atoms with Crippen LogP contribution in [-0.2, 0) is 6.42 Å².